The minimum Gasteiger partial charge on any atom is -0.466 e. The Balaban J connectivity index is 2.33. The van der Waals surface area contributed by atoms with Crippen molar-refractivity contribution in [3.63, 3.8) is 0 Å². The number of carbonyl (C=O) groups excluding carboxylic acids is 1. The minimum absolute atomic E-state index is 0.0544. The fraction of sp³-hybridized carbons (Fsp3) is 0.938. The van der Waals surface area contributed by atoms with Crippen molar-refractivity contribution in [1.29, 1.82) is 0 Å². The van der Waals surface area contributed by atoms with Crippen molar-refractivity contribution in [1.82, 2.24) is 0 Å². The number of carbonyl (C=O) groups is 1. The largest absolute Gasteiger partial charge is 0.466 e. The third-order valence-electron chi connectivity index (χ3n) is 5.46. The molecular formula is C16H30O3. The molecule has 1 aliphatic carbocycles. The molecule has 3 nitrogen and oxygen atoms in total. The van der Waals surface area contributed by atoms with Crippen LogP contribution < -0.4 is 0 Å². The second kappa shape index (κ2) is 6.74. The van der Waals surface area contributed by atoms with Gasteiger partial charge in [0.05, 0.1) is 6.61 Å². The lowest BCUT2D eigenvalue weighted by atomic mass is 9.65. The Labute approximate surface area is 117 Å². The highest BCUT2D eigenvalue weighted by atomic mass is 16.5. The summed E-state index contributed by atoms with van der Waals surface area (Å²) in [5, 5.41) is 9.62. The summed E-state index contributed by atoms with van der Waals surface area (Å²) < 4.78 is 4.93. The van der Waals surface area contributed by atoms with Gasteiger partial charge in [-0.2, -0.15) is 0 Å². The molecule has 0 radical (unpaired) electrons. The number of esters is 1. The molecule has 0 aromatic heterocycles. The van der Waals surface area contributed by atoms with Gasteiger partial charge in [0.25, 0.3) is 0 Å². The highest BCUT2D eigenvalue weighted by molar-refractivity contribution is 5.69. The Morgan fingerprint density at radius 1 is 1.32 bits per heavy atom. The Kier molecular flexibility index (Phi) is 5.84. The smallest absolute Gasteiger partial charge is 0.305 e. The first-order valence-electron chi connectivity index (χ1n) is 7.64. The van der Waals surface area contributed by atoms with Crippen molar-refractivity contribution in [2.75, 3.05) is 13.2 Å². The van der Waals surface area contributed by atoms with Crippen LogP contribution in [-0.2, 0) is 9.53 Å². The van der Waals surface area contributed by atoms with E-state index >= 15 is 0 Å². The SMILES string of the molecule is CCOC(=O)CCCC[C@H]1CC[C@@](C)(CO)C1(C)C. The third-order valence-corrected chi connectivity index (χ3v) is 5.46. The number of aliphatic hydroxyl groups excluding tert-OH is 1. The van der Waals surface area contributed by atoms with Gasteiger partial charge in [0.1, 0.15) is 0 Å². The lowest BCUT2D eigenvalue weighted by molar-refractivity contribution is -0.143. The molecule has 1 N–H and O–H groups in total. The first kappa shape index (κ1) is 16.5. The Morgan fingerprint density at radius 3 is 2.53 bits per heavy atom. The lowest BCUT2D eigenvalue weighted by Crippen LogP contribution is -2.37. The van der Waals surface area contributed by atoms with Gasteiger partial charge in [-0.25, -0.2) is 0 Å². The molecule has 2 atom stereocenters. The first-order valence-corrected chi connectivity index (χ1v) is 7.64. The minimum atomic E-state index is -0.0756. The van der Waals surface area contributed by atoms with Gasteiger partial charge >= 0.3 is 5.97 Å². The molecule has 1 saturated carbocycles. The van der Waals surface area contributed by atoms with E-state index in [1.54, 1.807) is 0 Å². The summed E-state index contributed by atoms with van der Waals surface area (Å²) in [5.74, 6) is 0.584. The molecule has 3 heteroatoms. The monoisotopic (exact) mass is 270 g/mol. The fourth-order valence-electron chi connectivity index (χ4n) is 3.35. The van der Waals surface area contributed by atoms with E-state index in [0.29, 0.717) is 18.9 Å². The molecule has 19 heavy (non-hydrogen) atoms. The molecule has 0 saturated heterocycles. The Morgan fingerprint density at radius 2 is 2.00 bits per heavy atom. The lowest BCUT2D eigenvalue weighted by Gasteiger charge is -2.40. The third kappa shape index (κ3) is 3.71. The van der Waals surface area contributed by atoms with Crippen LogP contribution in [0.5, 0.6) is 0 Å². The van der Waals surface area contributed by atoms with E-state index in [4.69, 9.17) is 4.74 Å². The molecule has 1 rings (SSSR count). The second-order valence-corrected chi connectivity index (χ2v) is 6.73. The zero-order chi connectivity index (χ0) is 14.5. The van der Waals surface area contributed by atoms with Crippen LogP contribution in [0.4, 0.5) is 0 Å². The maximum atomic E-state index is 11.3. The van der Waals surface area contributed by atoms with E-state index < -0.39 is 0 Å². The average Bonchev–Trinajstić information content (AvgIpc) is 2.58. The van der Waals surface area contributed by atoms with E-state index in [1.165, 1.54) is 6.42 Å². The first-order chi connectivity index (χ1) is 8.87. The molecule has 1 aliphatic rings. The van der Waals surface area contributed by atoms with E-state index in [9.17, 15) is 9.90 Å². The second-order valence-electron chi connectivity index (χ2n) is 6.73. The van der Waals surface area contributed by atoms with Crippen molar-refractivity contribution in [2.45, 2.75) is 66.2 Å². The number of hydrogen-bond acceptors (Lipinski definition) is 3. The standard InChI is InChI=1S/C16H30O3/c1-5-19-14(18)9-7-6-8-13-10-11-16(4,12-17)15(13,2)3/h13,17H,5-12H2,1-4H3/t13-,16-/m0/s1. The van der Waals surface area contributed by atoms with Crippen LogP contribution >= 0.6 is 0 Å². The molecule has 0 amide bonds. The Bertz CT molecular complexity index is 298. The van der Waals surface area contributed by atoms with Gasteiger partial charge in [-0.1, -0.05) is 27.2 Å². The number of hydrogen-bond donors (Lipinski definition) is 1. The summed E-state index contributed by atoms with van der Waals surface area (Å²) in [5.41, 5.74) is 0.241. The molecular weight excluding hydrogens is 240 g/mol. The maximum Gasteiger partial charge on any atom is 0.305 e. The van der Waals surface area contributed by atoms with E-state index in [1.807, 2.05) is 6.92 Å². The fourth-order valence-corrected chi connectivity index (χ4v) is 3.35. The summed E-state index contributed by atoms with van der Waals surface area (Å²) in [7, 11) is 0. The summed E-state index contributed by atoms with van der Waals surface area (Å²) in [6, 6.07) is 0. The van der Waals surface area contributed by atoms with Gasteiger partial charge in [0.15, 0.2) is 0 Å². The van der Waals surface area contributed by atoms with E-state index in [0.717, 1.165) is 25.7 Å². The van der Waals surface area contributed by atoms with Crippen LogP contribution in [0.3, 0.4) is 0 Å². The van der Waals surface area contributed by atoms with Crippen molar-refractivity contribution in [3.05, 3.63) is 0 Å². The number of unbranched alkanes of at least 4 members (excludes halogenated alkanes) is 1. The number of aliphatic hydroxyl groups is 1. The molecule has 1 fully saturated rings. The molecule has 0 aliphatic heterocycles. The van der Waals surface area contributed by atoms with Crippen molar-refractivity contribution in [3.8, 4) is 0 Å². The number of rotatable bonds is 7. The van der Waals surface area contributed by atoms with Crippen LogP contribution in [0.1, 0.15) is 66.2 Å². The summed E-state index contributed by atoms with van der Waals surface area (Å²) >= 11 is 0. The van der Waals surface area contributed by atoms with Gasteiger partial charge in [0, 0.05) is 13.0 Å². The van der Waals surface area contributed by atoms with Crippen LogP contribution in [0, 0.1) is 16.7 Å². The number of ether oxygens (including phenoxy) is 1. The van der Waals surface area contributed by atoms with Gasteiger partial charge in [-0.3, -0.25) is 4.79 Å². The maximum absolute atomic E-state index is 11.3. The van der Waals surface area contributed by atoms with Gasteiger partial charge in [0.2, 0.25) is 0 Å². The van der Waals surface area contributed by atoms with E-state index in [2.05, 4.69) is 20.8 Å². The molecule has 0 aromatic carbocycles. The molecule has 112 valence electrons. The van der Waals surface area contributed by atoms with Crippen LogP contribution in [0.15, 0.2) is 0 Å². The van der Waals surface area contributed by atoms with Crippen molar-refractivity contribution in [2.24, 2.45) is 16.7 Å². The summed E-state index contributed by atoms with van der Waals surface area (Å²) in [6.45, 7) is 9.36. The van der Waals surface area contributed by atoms with Crippen molar-refractivity contribution >= 4 is 5.97 Å². The van der Waals surface area contributed by atoms with Gasteiger partial charge < -0.3 is 9.84 Å². The van der Waals surface area contributed by atoms with Crippen LogP contribution in [0.25, 0.3) is 0 Å². The van der Waals surface area contributed by atoms with Gasteiger partial charge in [-0.15, -0.1) is 0 Å². The molecule has 0 bridgehead atoms. The van der Waals surface area contributed by atoms with Crippen LogP contribution in [0.2, 0.25) is 0 Å². The normalized spacial score (nSPS) is 29.4. The molecule has 0 spiro atoms. The molecule has 0 heterocycles. The zero-order valence-electron chi connectivity index (χ0n) is 13.0. The molecule has 0 unspecified atom stereocenters. The van der Waals surface area contributed by atoms with Gasteiger partial charge in [-0.05, 0) is 49.4 Å². The predicted molar refractivity (Wildman–Crippen MR) is 76.8 cm³/mol. The van der Waals surface area contributed by atoms with E-state index in [-0.39, 0.29) is 23.4 Å². The zero-order valence-corrected chi connectivity index (χ0v) is 13.0. The Hall–Kier alpha value is -0.570. The highest BCUT2D eigenvalue weighted by Crippen LogP contribution is 2.56. The predicted octanol–water partition coefficient (Wildman–Crippen LogP) is 3.54. The molecule has 0 aromatic rings. The quantitative estimate of drug-likeness (QED) is 0.568. The van der Waals surface area contributed by atoms with Crippen LogP contribution in [-0.4, -0.2) is 24.3 Å². The average molecular weight is 270 g/mol. The topological polar surface area (TPSA) is 46.5 Å². The van der Waals surface area contributed by atoms with Crippen molar-refractivity contribution < 1.29 is 14.6 Å². The highest BCUT2D eigenvalue weighted by Gasteiger charge is 2.50. The summed E-state index contributed by atoms with van der Waals surface area (Å²) in [4.78, 5) is 11.3. The summed E-state index contributed by atoms with van der Waals surface area (Å²) in [6.07, 6.45) is 6.00.